The molecular weight excluding hydrogens is 308 g/mol. The number of carboxylic acids is 1. The zero-order valence-corrected chi connectivity index (χ0v) is 14.0. The summed E-state index contributed by atoms with van der Waals surface area (Å²) >= 11 is 0. The molecule has 0 fully saturated rings. The molecule has 1 aromatic carbocycles. The summed E-state index contributed by atoms with van der Waals surface area (Å²) in [6.07, 6.45) is -0.605. The first-order valence-corrected chi connectivity index (χ1v) is 7.70. The van der Waals surface area contributed by atoms with E-state index in [2.05, 4.69) is 10.3 Å². The molecule has 0 spiro atoms. The minimum Gasteiger partial charge on any atom is -0.480 e. The Morgan fingerprint density at radius 1 is 1.17 bits per heavy atom. The quantitative estimate of drug-likeness (QED) is 0.785. The zero-order valence-electron chi connectivity index (χ0n) is 14.0. The lowest BCUT2D eigenvalue weighted by molar-refractivity contribution is -0.139. The van der Waals surface area contributed by atoms with Gasteiger partial charge in [0.25, 0.3) is 0 Å². The molecule has 1 amide bonds. The van der Waals surface area contributed by atoms with Gasteiger partial charge in [0, 0.05) is 17.8 Å². The number of nitrogens with one attached hydrogen (secondary N) is 2. The van der Waals surface area contributed by atoms with Crippen LogP contribution in [0.3, 0.4) is 0 Å². The van der Waals surface area contributed by atoms with E-state index in [1.165, 1.54) is 0 Å². The van der Waals surface area contributed by atoms with Gasteiger partial charge in [0.05, 0.1) is 0 Å². The van der Waals surface area contributed by atoms with E-state index in [4.69, 9.17) is 4.74 Å². The van der Waals surface area contributed by atoms with Crippen LogP contribution >= 0.6 is 0 Å². The van der Waals surface area contributed by atoms with Crippen molar-refractivity contribution in [2.75, 3.05) is 0 Å². The van der Waals surface area contributed by atoms with Crippen LogP contribution in [-0.2, 0) is 16.0 Å². The van der Waals surface area contributed by atoms with E-state index in [0.29, 0.717) is 0 Å². The Hall–Kier alpha value is -2.76. The highest BCUT2D eigenvalue weighted by molar-refractivity contribution is 5.80. The maximum Gasteiger partial charge on any atom is 0.408 e. The number of aromatic amines is 1. The first kappa shape index (κ1) is 17.6. The summed E-state index contributed by atoms with van der Waals surface area (Å²) in [6.45, 7) is 5.17. The molecule has 0 radical (unpaired) electrons. The topological polar surface area (TPSA) is 91.4 Å². The fraction of sp³-hybridized carbons (Fsp3) is 0.333. The molecule has 6 heteroatoms. The summed E-state index contributed by atoms with van der Waals surface area (Å²) in [5.74, 6) is -1.11. The summed E-state index contributed by atoms with van der Waals surface area (Å²) in [5.41, 5.74) is 1.94. The normalized spacial score (nSPS) is 12.5. The molecule has 6 nitrogen and oxygen atoms in total. The number of rotatable bonds is 5. The van der Waals surface area contributed by atoms with E-state index in [-0.39, 0.29) is 6.42 Å². The monoisotopic (exact) mass is 330 g/mol. The van der Waals surface area contributed by atoms with Crippen molar-refractivity contribution in [1.29, 1.82) is 0 Å². The Balaban J connectivity index is 2.05. The second kappa shape index (κ2) is 7.21. The van der Waals surface area contributed by atoms with E-state index in [9.17, 15) is 14.7 Å². The van der Waals surface area contributed by atoms with E-state index >= 15 is 0 Å². The lowest BCUT2D eigenvalue weighted by Crippen LogP contribution is -2.44. The summed E-state index contributed by atoms with van der Waals surface area (Å²) < 4.78 is 5.11. The van der Waals surface area contributed by atoms with Crippen LogP contribution in [0.25, 0.3) is 11.3 Å². The third-order valence-corrected chi connectivity index (χ3v) is 3.24. The van der Waals surface area contributed by atoms with E-state index in [1.54, 1.807) is 20.8 Å². The Morgan fingerprint density at radius 2 is 1.83 bits per heavy atom. The van der Waals surface area contributed by atoms with Gasteiger partial charge in [-0.1, -0.05) is 30.3 Å². The SMILES string of the molecule is CC(C)(C)OC(=O)NC(Cc1ccc(-c2ccccc2)[nH]1)C(=O)O. The molecule has 0 saturated heterocycles. The molecule has 0 aliphatic rings. The number of carbonyl (C=O) groups is 2. The second-order valence-corrected chi connectivity index (χ2v) is 6.50. The lowest BCUT2D eigenvalue weighted by Gasteiger charge is -2.21. The summed E-state index contributed by atoms with van der Waals surface area (Å²) in [5, 5.41) is 11.7. The van der Waals surface area contributed by atoms with Gasteiger partial charge in [0.2, 0.25) is 0 Å². The molecule has 3 N–H and O–H groups in total. The molecule has 0 aliphatic heterocycles. The number of aliphatic carboxylic acids is 1. The zero-order chi connectivity index (χ0) is 17.7. The Labute approximate surface area is 140 Å². The van der Waals surface area contributed by atoms with Crippen LogP contribution in [0.4, 0.5) is 4.79 Å². The highest BCUT2D eigenvalue weighted by Crippen LogP contribution is 2.18. The summed E-state index contributed by atoms with van der Waals surface area (Å²) in [4.78, 5) is 26.4. The van der Waals surface area contributed by atoms with Crippen LogP contribution < -0.4 is 5.32 Å². The molecular formula is C18H22N2O4. The van der Waals surface area contributed by atoms with E-state index in [0.717, 1.165) is 17.0 Å². The van der Waals surface area contributed by atoms with Crippen molar-refractivity contribution in [3.63, 3.8) is 0 Å². The molecule has 2 aromatic rings. The van der Waals surface area contributed by atoms with Crippen LogP contribution in [0.1, 0.15) is 26.5 Å². The molecule has 1 heterocycles. The van der Waals surface area contributed by atoms with Crippen molar-refractivity contribution in [3.8, 4) is 11.3 Å². The number of carbonyl (C=O) groups excluding carboxylic acids is 1. The van der Waals surface area contributed by atoms with Gasteiger partial charge in [-0.3, -0.25) is 0 Å². The van der Waals surface area contributed by atoms with Gasteiger partial charge in [0.1, 0.15) is 11.6 Å². The van der Waals surface area contributed by atoms with Gasteiger partial charge >= 0.3 is 12.1 Å². The summed E-state index contributed by atoms with van der Waals surface area (Å²) in [7, 11) is 0. The van der Waals surface area contributed by atoms with Gasteiger partial charge in [-0.2, -0.15) is 0 Å². The van der Waals surface area contributed by atoms with Gasteiger partial charge < -0.3 is 20.1 Å². The van der Waals surface area contributed by atoms with Crippen LogP contribution in [0.5, 0.6) is 0 Å². The lowest BCUT2D eigenvalue weighted by atomic mass is 10.1. The molecule has 2 rings (SSSR count). The van der Waals surface area contributed by atoms with E-state index in [1.807, 2.05) is 42.5 Å². The van der Waals surface area contributed by atoms with Crippen molar-refractivity contribution in [1.82, 2.24) is 10.3 Å². The molecule has 0 bridgehead atoms. The summed E-state index contributed by atoms with van der Waals surface area (Å²) in [6, 6.07) is 12.3. The predicted molar refractivity (Wildman–Crippen MR) is 90.7 cm³/mol. The maximum atomic E-state index is 11.8. The third-order valence-electron chi connectivity index (χ3n) is 3.24. The molecule has 24 heavy (non-hydrogen) atoms. The van der Waals surface area contributed by atoms with Crippen molar-refractivity contribution in [2.45, 2.75) is 38.8 Å². The fourth-order valence-corrected chi connectivity index (χ4v) is 2.22. The average molecular weight is 330 g/mol. The number of hydrogen-bond donors (Lipinski definition) is 3. The molecule has 0 aliphatic carbocycles. The van der Waals surface area contributed by atoms with Gasteiger partial charge in [-0.15, -0.1) is 0 Å². The van der Waals surface area contributed by atoms with Crippen molar-refractivity contribution < 1.29 is 19.4 Å². The number of benzene rings is 1. The van der Waals surface area contributed by atoms with Gasteiger partial charge in [0.15, 0.2) is 0 Å². The van der Waals surface area contributed by atoms with Gasteiger partial charge in [-0.05, 0) is 38.5 Å². The average Bonchev–Trinajstić information content (AvgIpc) is 2.94. The highest BCUT2D eigenvalue weighted by atomic mass is 16.6. The predicted octanol–water partition coefficient (Wildman–Crippen LogP) is 3.20. The Kier molecular flexibility index (Phi) is 5.28. The smallest absolute Gasteiger partial charge is 0.408 e. The standard InChI is InChI=1S/C18H22N2O4/c1-18(2,3)24-17(23)20-15(16(21)22)11-13-9-10-14(19-13)12-7-5-4-6-8-12/h4-10,15,19H,11H2,1-3H3,(H,20,23)(H,21,22). The largest absolute Gasteiger partial charge is 0.480 e. The van der Waals surface area contributed by atoms with Crippen LogP contribution in [0, 0.1) is 0 Å². The minimum absolute atomic E-state index is 0.140. The van der Waals surface area contributed by atoms with Gasteiger partial charge in [-0.25, -0.2) is 9.59 Å². The van der Waals surface area contributed by atoms with Crippen LogP contribution in [0.2, 0.25) is 0 Å². The Morgan fingerprint density at radius 3 is 2.42 bits per heavy atom. The number of amides is 1. The number of ether oxygens (including phenoxy) is 1. The van der Waals surface area contributed by atoms with Crippen LogP contribution in [0.15, 0.2) is 42.5 Å². The maximum absolute atomic E-state index is 11.8. The molecule has 128 valence electrons. The fourth-order valence-electron chi connectivity index (χ4n) is 2.22. The highest BCUT2D eigenvalue weighted by Gasteiger charge is 2.24. The van der Waals surface area contributed by atoms with Crippen molar-refractivity contribution in [2.24, 2.45) is 0 Å². The Bertz CT molecular complexity index is 701. The van der Waals surface area contributed by atoms with Crippen molar-refractivity contribution in [3.05, 3.63) is 48.2 Å². The third kappa shape index (κ3) is 5.15. The second-order valence-electron chi connectivity index (χ2n) is 6.50. The molecule has 1 atom stereocenters. The number of H-pyrrole nitrogens is 1. The van der Waals surface area contributed by atoms with E-state index < -0.39 is 23.7 Å². The molecule has 0 saturated carbocycles. The number of aromatic nitrogens is 1. The number of carboxylic acid groups (broad SMARTS) is 1. The van der Waals surface area contributed by atoms with Crippen molar-refractivity contribution >= 4 is 12.1 Å². The molecule has 1 unspecified atom stereocenters. The number of alkyl carbamates (subject to hydrolysis) is 1. The minimum atomic E-state index is -1.11. The number of hydrogen-bond acceptors (Lipinski definition) is 3. The first-order chi connectivity index (χ1) is 11.2. The van der Waals surface area contributed by atoms with Crippen LogP contribution in [-0.4, -0.2) is 33.8 Å². The first-order valence-electron chi connectivity index (χ1n) is 7.70. The molecule has 1 aromatic heterocycles.